The van der Waals surface area contributed by atoms with Gasteiger partial charge in [-0.1, -0.05) is 0 Å². The van der Waals surface area contributed by atoms with Gasteiger partial charge in [0.05, 0.1) is 12.7 Å². The molecule has 2 aromatic rings. The highest BCUT2D eigenvalue weighted by Crippen LogP contribution is 2.12. The molecule has 0 radical (unpaired) electrons. The van der Waals surface area contributed by atoms with Crippen LogP contribution < -0.4 is 21.7 Å². The standard InChI is InChI=1S/C12H12FN3O3/c13-10-7-16(12(18)15-11(10)17)5-6-19-9-3-1-8(14)2-4-9/h1-4,7H,5-6,14H2,(H,15,17,18). The summed E-state index contributed by atoms with van der Waals surface area (Å²) in [7, 11) is 0. The molecular weight excluding hydrogens is 253 g/mol. The van der Waals surface area contributed by atoms with E-state index in [4.69, 9.17) is 10.5 Å². The average molecular weight is 265 g/mol. The molecule has 0 aliphatic heterocycles. The van der Waals surface area contributed by atoms with Crippen molar-refractivity contribution in [3.63, 3.8) is 0 Å². The molecule has 0 bridgehead atoms. The number of ether oxygens (including phenoxy) is 1. The minimum absolute atomic E-state index is 0.122. The number of H-pyrrole nitrogens is 1. The molecule has 0 saturated heterocycles. The van der Waals surface area contributed by atoms with Crippen molar-refractivity contribution >= 4 is 5.69 Å². The van der Waals surface area contributed by atoms with Crippen LogP contribution in [0.15, 0.2) is 40.1 Å². The number of anilines is 1. The van der Waals surface area contributed by atoms with E-state index in [9.17, 15) is 14.0 Å². The molecule has 0 atom stereocenters. The van der Waals surface area contributed by atoms with Crippen molar-refractivity contribution in [2.45, 2.75) is 6.54 Å². The van der Waals surface area contributed by atoms with Crippen molar-refractivity contribution in [2.24, 2.45) is 0 Å². The molecule has 0 fully saturated rings. The van der Waals surface area contributed by atoms with Crippen molar-refractivity contribution < 1.29 is 9.13 Å². The molecule has 0 saturated carbocycles. The van der Waals surface area contributed by atoms with Gasteiger partial charge >= 0.3 is 5.69 Å². The summed E-state index contributed by atoms with van der Waals surface area (Å²) in [6, 6.07) is 6.74. The van der Waals surface area contributed by atoms with Crippen molar-refractivity contribution in [3.8, 4) is 5.75 Å². The van der Waals surface area contributed by atoms with Crippen LogP contribution in [0.5, 0.6) is 5.75 Å². The lowest BCUT2D eigenvalue weighted by Gasteiger charge is -2.08. The molecule has 3 N–H and O–H groups in total. The van der Waals surface area contributed by atoms with E-state index in [2.05, 4.69) is 0 Å². The van der Waals surface area contributed by atoms with Gasteiger partial charge in [0.15, 0.2) is 0 Å². The number of hydrogen-bond donors (Lipinski definition) is 2. The Kier molecular flexibility index (Phi) is 3.65. The average Bonchev–Trinajstić information content (AvgIpc) is 2.38. The number of halogens is 1. The molecule has 0 aliphatic carbocycles. The molecule has 2 rings (SSSR count). The minimum atomic E-state index is -1.03. The maximum atomic E-state index is 13.0. The Morgan fingerprint density at radius 1 is 1.26 bits per heavy atom. The molecular formula is C12H12FN3O3. The molecule has 100 valence electrons. The van der Waals surface area contributed by atoms with Crippen molar-refractivity contribution in [2.75, 3.05) is 12.3 Å². The van der Waals surface area contributed by atoms with Gasteiger partial charge in [0.2, 0.25) is 5.82 Å². The van der Waals surface area contributed by atoms with Crippen LogP contribution >= 0.6 is 0 Å². The fourth-order valence-corrected chi connectivity index (χ4v) is 1.47. The van der Waals surface area contributed by atoms with Crippen LogP contribution in [-0.2, 0) is 6.54 Å². The number of nitrogens with zero attached hydrogens (tertiary/aromatic N) is 1. The van der Waals surface area contributed by atoms with E-state index in [1.807, 2.05) is 4.98 Å². The monoisotopic (exact) mass is 265 g/mol. The summed E-state index contributed by atoms with van der Waals surface area (Å²) in [6.07, 6.45) is 0.855. The molecule has 7 heteroatoms. The second kappa shape index (κ2) is 5.38. The zero-order valence-corrected chi connectivity index (χ0v) is 9.93. The molecule has 0 aliphatic rings. The summed E-state index contributed by atoms with van der Waals surface area (Å²) in [4.78, 5) is 24.0. The highest BCUT2D eigenvalue weighted by atomic mass is 19.1. The van der Waals surface area contributed by atoms with Crippen molar-refractivity contribution in [1.29, 1.82) is 0 Å². The third-order valence-corrected chi connectivity index (χ3v) is 2.45. The number of nitrogens with one attached hydrogen (secondary N) is 1. The number of nitrogens with two attached hydrogens (primary N) is 1. The topological polar surface area (TPSA) is 90.1 Å². The summed E-state index contributed by atoms with van der Waals surface area (Å²) in [5.74, 6) is -0.417. The summed E-state index contributed by atoms with van der Waals surface area (Å²) in [6.45, 7) is 0.284. The number of benzene rings is 1. The first kappa shape index (κ1) is 12.9. The number of hydrogen-bond acceptors (Lipinski definition) is 4. The second-order valence-electron chi connectivity index (χ2n) is 3.85. The van der Waals surface area contributed by atoms with Crippen LogP contribution in [0, 0.1) is 5.82 Å². The zero-order chi connectivity index (χ0) is 13.8. The first-order valence-corrected chi connectivity index (χ1v) is 5.54. The third-order valence-electron chi connectivity index (χ3n) is 2.45. The lowest BCUT2D eigenvalue weighted by atomic mass is 10.3. The van der Waals surface area contributed by atoms with Gasteiger partial charge in [-0.25, -0.2) is 4.79 Å². The zero-order valence-electron chi connectivity index (χ0n) is 9.93. The Balaban J connectivity index is 2.00. The Hall–Kier alpha value is -2.57. The van der Waals surface area contributed by atoms with Gasteiger partial charge in [0, 0.05) is 5.69 Å². The Morgan fingerprint density at radius 3 is 2.63 bits per heavy atom. The first-order chi connectivity index (χ1) is 9.06. The molecule has 6 nitrogen and oxygen atoms in total. The molecule has 0 unspecified atom stereocenters. The van der Waals surface area contributed by atoms with Crippen LogP contribution in [0.4, 0.5) is 10.1 Å². The normalized spacial score (nSPS) is 10.4. The number of aromatic amines is 1. The molecule has 1 heterocycles. The predicted molar refractivity (Wildman–Crippen MR) is 67.6 cm³/mol. The summed E-state index contributed by atoms with van der Waals surface area (Å²) < 4.78 is 19.4. The highest BCUT2D eigenvalue weighted by Gasteiger charge is 2.03. The highest BCUT2D eigenvalue weighted by molar-refractivity contribution is 5.41. The van der Waals surface area contributed by atoms with Gasteiger partial charge < -0.3 is 10.5 Å². The summed E-state index contributed by atoms with van der Waals surface area (Å²) in [5, 5.41) is 0. The van der Waals surface area contributed by atoms with Gasteiger partial charge in [-0.05, 0) is 24.3 Å². The quantitative estimate of drug-likeness (QED) is 0.780. The molecule has 1 aromatic carbocycles. The van der Waals surface area contributed by atoms with Crippen LogP contribution in [-0.4, -0.2) is 16.2 Å². The minimum Gasteiger partial charge on any atom is -0.492 e. The number of aromatic nitrogens is 2. The lowest BCUT2D eigenvalue weighted by molar-refractivity contribution is 0.294. The first-order valence-electron chi connectivity index (χ1n) is 5.54. The summed E-state index contributed by atoms with van der Waals surface area (Å²) in [5.41, 5.74) is 4.44. The fraction of sp³-hybridized carbons (Fsp3) is 0.167. The Labute approximate surface area is 107 Å². The molecule has 19 heavy (non-hydrogen) atoms. The number of rotatable bonds is 4. The van der Waals surface area contributed by atoms with Crippen LogP contribution in [0.2, 0.25) is 0 Å². The lowest BCUT2D eigenvalue weighted by Crippen LogP contribution is -2.32. The van der Waals surface area contributed by atoms with E-state index in [0.29, 0.717) is 11.4 Å². The van der Waals surface area contributed by atoms with E-state index < -0.39 is 17.1 Å². The SMILES string of the molecule is Nc1ccc(OCCn2cc(F)c(=O)[nH]c2=O)cc1. The van der Waals surface area contributed by atoms with E-state index in [1.54, 1.807) is 24.3 Å². The largest absolute Gasteiger partial charge is 0.492 e. The van der Waals surface area contributed by atoms with Crippen LogP contribution in [0.3, 0.4) is 0 Å². The van der Waals surface area contributed by atoms with Crippen molar-refractivity contribution in [1.82, 2.24) is 9.55 Å². The molecule has 0 amide bonds. The van der Waals surface area contributed by atoms with Gasteiger partial charge in [-0.2, -0.15) is 4.39 Å². The van der Waals surface area contributed by atoms with Crippen LogP contribution in [0.1, 0.15) is 0 Å². The van der Waals surface area contributed by atoms with Crippen LogP contribution in [0.25, 0.3) is 0 Å². The van der Waals surface area contributed by atoms with Gasteiger partial charge in [0.25, 0.3) is 5.56 Å². The second-order valence-corrected chi connectivity index (χ2v) is 3.85. The predicted octanol–water partition coefficient (Wildman–Crippen LogP) is 0.337. The van der Waals surface area contributed by atoms with Gasteiger partial charge in [-0.15, -0.1) is 0 Å². The Morgan fingerprint density at radius 2 is 1.95 bits per heavy atom. The van der Waals surface area contributed by atoms with Gasteiger partial charge in [0.1, 0.15) is 12.4 Å². The van der Waals surface area contributed by atoms with Crippen molar-refractivity contribution in [3.05, 3.63) is 57.1 Å². The maximum Gasteiger partial charge on any atom is 0.328 e. The van der Waals surface area contributed by atoms with Gasteiger partial charge in [-0.3, -0.25) is 14.3 Å². The maximum absolute atomic E-state index is 13.0. The Bertz CT molecular complexity index is 676. The third kappa shape index (κ3) is 3.21. The number of nitrogen functional groups attached to an aromatic ring is 1. The smallest absolute Gasteiger partial charge is 0.328 e. The molecule has 0 spiro atoms. The van der Waals surface area contributed by atoms with E-state index >= 15 is 0 Å². The fourth-order valence-electron chi connectivity index (χ4n) is 1.47. The van der Waals surface area contributed by atoms with E-state index in [1.165, 1.54) is 0 Å². The molecule has 1 aromatic heterocycles. The van der Waals surface area contributed by atoms with E-state index in [0.717, 1.165) is 10.8 Å². The summed E-state index contributed by atoms with van der Waals surface area (Å²) >= 11 is 0. The van der Waals surface area contributed by atoms with E-state index in [-0.39, 0.29) is 13.2 Å².